The molecular formula is C22H23F2NO3. The van der Waals surface area contributed by atoms with Gasteiger partial charge in [-0.05, 0) is 55.0 Å². The minimum absolute atomic E-state index is 0.0470. The fourth-order valence-corrected chi connectivity index (χ4v) is 3.72. The van der Waals surface area contributed by atoms with Gasteiger partial charge in [-0.3, -0.25) is 9.59 Å². The molecule has 1 saturated heterocycles. The number of aryl methyl sites for hydroxylation is 1. The number of carboxylic acid groups (broad SMARTS) is 1. The second-order valence-electron chi connectivity index (χ2n) is 7.36. The van der Waals surface area contributed by atoms with Crippen molar-refractivity contribution < 1.29 is 23.5 Å². The van der Waals surface area contributed by atoms with Gasteiger partial charge >= 0.3 is 5.97 Å². The number of benzene rings is 2. The molecule has 0 saturated carbocycles. The van der Waals surface area contributed by atoms with E-state index in [2.05, 4.69) is 0 Å². The van der Waals surface area contributed by atoms with E-state index in [-0.39, 0.29) is 18.1 Å². The molecule has 1 aliphatic heterocycles. The number of aliphatic carboxylic acids is 1. The van der Waals surface area contributed by atoms with E-state index in [0.29, 0.717) is 44.3 Å². The third-order valence-corrected chi connectivity index (χ3v) is 5.55. The number of carboxylic acids is 1. The molecule has 1 heterocycles. The van der Waals surface area contributed by atoms with Crippen LogP contribution >= 0.6 is 0 Å². The molecule has 1 fully saturated rings. The molecule has 2 aromatic carbocycles. The van der Waals surface area contributed by atoms with E-state index in [4.69, 9.17) is 0 Å². The molecule has 0 bridgehead atoms. The highest BCUT2D eigenvalue weighted by atomic mass is 19.1. The molecule has 3 rings (SSSR count). The van der Waals surface area contributed by atoms with Crippen LogP contribution in [0.3, 0.4) is 0 Å². The van der Waals surface area contributed by atoms with Crippen molar-refractivity contribution in [1.82, 2.24) is 4.90 Å². The maximum Gasteiger partial charge on any atom is 0.310 e. The number of rotatable bonds is 6. The Labute approximate surface area is 162 Å². The molecule has 1 N–H and O–H groups in total. The van der Waals surface area contributed by atoms with Crippen LogP contribution in [0.1, 0.15) is 30.4 Å². The number of likely N-dealkylation sites (tertiary alicyclic amines) is 1. The van der Waals surface area contributed by atoms with Crippen LogP contribution in [0.15, 0.2) is 48.5 Å². The average Bonchev–Trinajstić information content (AvgIpc) is 2.69. The summed E-state index contributed by atoms with van der Waals surface area (Å²) in [6.07, 6.45) is 1.50. The predicted octanol–water partition coefficient (Wildman–Crippen LogP) is 3.83. The standard InChI is InChI=1S/C22H23F2NO3/c23-18-8-5-16(6-9-18)7-10-20(26)25-13-11-22(12-14-25,21(27)28)15-17-3-1-2-4-19(17)24/h1-6,8-9H,7,10-15H2,(H,27,28). The van der Waals surface area contributed by atoms with Crippen molar-refractivity contribution in [2.45, 2.75) is 32.1 Å². The fourth-order valence-electron chi connectivity index (χ4n) is 3.72. The van der Waals surface area contributed by atoms with Crippen LogP contribution in [0.4, 0.5) is 8.78 Å². The van der Waals surface area contributed by atoms with Gasteiger partial charge in [-0.15, -0.1) is 0 Å². The van der Waals surface area contributed by atoms with Gasteiger partial charge in [0.1, 0.15) is 11.6 Å². The molecule has 4 nitrogen and oxygen atoms in total. The number of hydrogen-bond donors (Lipinski definition) is 1. The summed E-state index contributed by atoms with van der Waals surface area (Å²) >= 11 is 0. The predicted molar refractivity (Wildman–Crippen MR) is 101 cm³/mol. The average molecular weight is 387 g/mol. The number of amides is 1. The van der Waals surface area contributed by atoms with Crippen LogP contribution in [-0.2, 0) is 22.4 Å². The minimum Gasteiger partial charge on any atom is -0.481 e. The Morgan fingerprint density at radius 3 is 2.25 bits per heavy atom. The first-order valence-electron chi connectivity index (χ1n) is 9.39. The number of piperidine rings is 1. The van der Waals surface area contributed by atoms with Crippen LogP contribution in [0.5, 0.6) is 0 Å². The van der Waals surface area contributed by atoms with Gasteiger partial charge in [0.05, 0.1) is 5.41 Å². The zero-order chi connectivity index (χ0) is 20.1. The van der Waals surface area contributed by atoms with Gasteiger partial charge in [-0.25, -0.2) is 8.78 Å². The maximum absolute atomic E-state index is 14.0. The van der Waals surface area contributed by atoms with Gasteiger partial charge in [-0.1, -0.05) is 30.3 Å². The lowest BCUT2D eigenvalue weighted by Crippen LogP contribution is -2.47. The molecule has 0 radical (unpaired) electrons. The summed E-state index contributed by atoms with van der Waals surface area (Å²) in [5.74, 6) is -1.71. The van der Waals surface area contributed by atoms with E-state index >= 15 is 0 Å². The first-order valence-corrected chi connectivity index (χ1v) is 9.39. The van der Waals surface area contributed by atoms with Crippen LogP contribution < -0.4 is 0 Å². The maximum atomic E-state index is 14.0. The van der Waals surface area contributed by atoms with Gasteiger partial charge in [0.15, 0.2) is 0 Å². The number of hydrogen-bond acceptors (Lipinski definition) is 2. The Hall–Kier alpha value is -2.76. The quantitative estimate of drug-likeness (QED) is 0.820. The summed E-state index contributed by atoms with van der Waals surface area (Å²) in [5.41, 5.74) is 0.211. The number of nitrogens with zero attached hydrogens (tertiary/aromatic N) is 1. The molecule has 28 heavy (non-hydrogen) atoms. The first kappa shape index (κ1) is 20.0. The van der Waals surface area contributed by atoms with Gasteiger partial charge in [0, 0.05) is 19.5 Å². The molecule has 6 heteroatoms. The fraction of sp³-hybridized carbons (Fsp3) is 0.364. The van der Waals surface area contributed by atoms with Crippen LogP contribution in [-0.4, -0.2) is 35.0 Å². The summed E-state index contributed by atoms with van der Waals surface area (Å²) in [6.45, 7) is 0.673. The lowest BCUT2D eigenvalue weighted by atomic mass is 9.73. The van der Waals surface area contributed by atoms with Crippen LogP contribution in [0.25, 0.3) is 0 Å². The minimum atomic E-state index is -1.06. The van der Waals surface area contributed by atoms with Crippen molar-refractivity contribution >= 4 is 11.9 Å². The molecule has 2 aromatic rings. The molecule has 1 aliphatic rings. The van der Waals surface area contributed by atoms with Crippen molar-refractivity contribution in [2.75, 3.05) is 13.1 Å². The van der Waals surface area contributed by atoms with Crippen molar-refractivity contribution in [3.8, 4) is 0 Å². The first-order chi connectivity index (χ1) is 13.4. The third kappa shape index (κ3) is 4.55. The highest BCUT2D eigenvalue weighted by Gasteiger charge is 2.42. The monoisotopic (exact) mass is 387 g/mol. The largest absolute Gasteiger partial charge is 0.481 e. The molecule has 0 atom stereocenters. The number of halogens is 2. The number of carbonyl (C=O) groups is 2. The van der Waals surface area contributed by atoms with Crippen LogP contribution in [0.2, 0.25) is 0 Å². The van der Waals surface area contributed by atoms with Gasteiger partial charge in [0.25, 0.3) is 0 Å². The van der Waals surface area contributed by atoms with E-state index in [1.54, 1.807) is 35.2 Å². The lowest BCUT2D eigenvalue weighted by molar-refractivity contribution is -0.154. The van der Waals surface area contributed by atoms with Crippen molar-refractivity contribution in [3.63, 3.8) is 0 Å². The molecule has 148 valence electrons. The smallest absolute Gasteiger partial charge is 0.310 e. The topological polar surface area (TPSA) is 57.6 Å². The molecule has 0 unspecified atom stereocenters. The third-order valence-electron chi connectivity index (χ3n) is 5.55. The van der Waals surface area contributed by atoms with Gasteiger partial charge < -0.3 is 10.0 Å². The van der Waals surface area contributed by atoms with E-state index in [0.717, 1.165) is 5.56 Å². The normalized spacial score (nSPS) is 16.0. The van der Waals surface area contributed by atoms with E-state index in [1.165, 1.54) is 18.2 Å². The Bertz CT molecular complexity index is 843. The van der Waals surface area contributed by atoms with Gasteiger partial charge in [0.2, 0.25) is 5.91 Å². The Morgan fingerprint density at radius 2 is 1.64 bits per heavy atom. The Morgan fingerprint density at radius 1 is 1.00 bits per heavy atom. The summed E-state index contributed by atoms with van der Waals surface area (Å²) in [5, 5.41) is 9.78. The zero-order valence-corrected chi connectivity index (χ0v) is 15.5. The molecule has 0 aromatic heterocycles. The van der Waals surface area contributed by atoms with Crippen molar-refractivity contribution in [2.24, 2.45) is 5.41 Å². The van der Waals surface area contributed by atoms with Crippen molar-refractivity contribution in [3.05, 3.63) is 71.3 Å². The molecule has 0 aliphatic carbocycles. The summed E-state index contributed by atoms with van der Waals surface area (Å²) in [7, 11) is 0. The lowest BCUT2D eigenvalue weighted by Gasteiger charge is -2.39. The molecule has 1 amide bonds. The van der Waals surface area contributed by atoms with E-state index in [9.17, 15) is 23.5 Å². The second-order valence-corrected chi connectivity index (χ2v) is 7.36. The van der Waals surface area contributed by atoms with Crippen molar-refractivity contribution in [1.29, 1.82) is 0 Å². The highest BCUT2D eigenvalue weighted by molar-refractivity contribution is 5.78. The van der Waals surface area contributed by atoms with Crippen LogP contribution in [0, 0.1) is 17.0 Å². The Balaban J connectivity index is 1.59. The summed E-state index contributed by atoms with van der Waals surface area (Å²) in [6, 6.07) is 12.3. The summed E-state index contributed by atoms with van der Waals surface area (Å²) < 4.78 is 26.9. The Kier molecular flexibility index (Phi) is 6.07. The summed E-state index contributed by atoms with van der Waals surface area (Å²) in [4.78, 5) is 26.1. The number of carbonyl (C=O) groups excluding carboxylic acids is 1. The zero-order valence-electron chi connectivity index (χ0n) is 15.5. The van der Waals surface area contributed by atoms with E-state index in [1.807, 2.05) is 0 Å². The SMILES string of the molecule is O=C(CCc1ccc(F)cc1)N1CCC(Cc2ccccc2F)(C(=O)O)CC1. The molecular weight excluding hydrogens is 364 g/mol. The van der Waals surface area contributed by atoms with E-state index < -0.39 is 17.2 Å². The highest BCUT2D eigenvalue weighted by Crippen LogP contribution is 2.36. The second kappa shape index (κ2) is 8.50. The van der Waals surface area contributed by atoms with Gasteiger partial charge in [-0.2, -0.15) is 0 Å². The molecule has 0 spiro atoms.